The van der Waals surface area contributed by atoms with E-state index in [9.17, 15) is 8.78 Å². The van der Waals surface area contributed by atoms with E-state index in [0.29, 0.717) is 15.7 Å². The van der Waals surface area contributed by atoms with Crippen LogP contribution < -0.4 is 10.5 Å². The fourth-order valence-electron chi connectivity index (χ4n) is 1.43. The first-order valence-corrected chi connectivity index (χ1v) is 5.97. The number of nitrogen functional groups attached to an aromatic ring is 1. The summed E-state index contributed by atoms with van der Waals surface area (Å²) in [4.78, 5) is 0. The van der Waals surface area contributed by atoms with Crippen LogP contribution in [0.4, 0.5) is 14.5 Å². The first-order chi connectivity index (χ1) is 8.56. The fourth-order valence-corrected chi connectivity index (χ4v) is 1.76. The van der Waals surface area contributed by atoms with Crippen molar-refractivity contribution in [1.29, 1.82) is 0 Å². The zero-order valence-corrected chi connectivity index (χ0v) is 10.9. The van der Waals surface area contributed by atoms with Gasteiger partial charge in [0.25, 0.3) is 0 Å². The lowest BCUT2D eigenvalue weighted by atomic mass is 10.2. The van der Waals surface area contributed by atoms with Gasteiger partial charge in [0, 0.05) is 21.8 Å². The number of benzene rings is 2. The van der Waals surface area contributed by atoms with Crippen molar-refractivity contribution in [2.45, 2.75) is 6.61 Å². The van der Waals surface area contributed by atoms with Gasteiger partial charge in [0.2, 0.25) is 0 Å². The van der Waals surface area contributed by atoms with Crippen LogP contribution in [0.2, 0.25) is 0 Å². The molecule has 2 N–H and O–H groups in total. The molecule has 0 unspecified atom stereocenters. The number of hydrogen-bond acceptors (Lipinski definition) is 2. The average Bonchev–Trinajstić information content (AvgIpc) is 2.30. The predicted octanol–water partition coefficient (Wildman–Crippen LogP) is 3.89. The number of rotatable bonds is 3. The molecule has 0 fully saturated rings. The van der Waals surface area contributed by atoms with Gasteiger partial charge >= 0.3 is 0 Å². The minimum absolute atomic E-state index is 0.0417. The van der Waals surface area contributed by atoms with Crippen LogP contribution >= 0.6 is 15.9 Å². The maximum atomic E-state index is 13.5. The van der Waals surface area contributed by atoms with Crippen molar-refractivity contribution in [3.63, 3.8) is 0 Å². The first-order valence-electron chi connectivity index (χ1n) is 5.18. The van der Waals surface area contributed by atoms with Gasteiger partial charge in [-0.1, -0.05) is 22.0 Å². The van der Waals surface area contributed by atoms with Crippen molar-refractivity contribution in [3.8, 4) is 5.75 Å². The SMILES string of the molecule is Nc1ccc(OCc2ccc(Br)cc2F)c(F)c1. The number of hydrogen-bond donors (Lipinski definition) is 1. The molecular weight excluding hydrogens is 304 g/mol. The van der Waals surface area contributed by atoms with Gasteiger partial charge in [0.1, 0.15) is 12.4 Å². The van der Waals surface area contributed by atoms with Crippen LogP contribution in [0.5, 0.6) is 5.75 Å². The summed E-state index contributed by atoms with van der Waals surface area (Å²) in [5, 5.41) is 0. The highest BCUT2D eigenvalue weighted by Gasteiger charge is 2.07. The Kier molecular flexibility index (Phi) is 3.81. The lowest BCUT2D eigenvalue weighted by Gasteiger charge is -2.08. The first kappa shape index (κ1) is 12.8. The van der Waals surface area contributed by atoms with Crippen molar-refractivity contribution in [2.75, 3.05) is 5.73 Å². The molecule has 0 saturated heterocycles. The van der Waals surface area contributed by atoms with Gasteiger partial charge in [-0.05, 0) is 24.3 Å². The Morgan fingerprint density at radius 1 is 1.06 bits per heavy atom. The lowest BCUT2D eigenvalue weighted by Crippen LogP contribution is -2.00. The molecule has 2 rings (SSSR count). The van der Waals surface area contributed by atoms with Crippen LogP contribution in [-0.4, -0.2) is 0 Å². The van der Waals surface area contributed by atoms with E-state index in [-0.39, 0.29) is 12.4 Å². The van der Waals surface area contributed by atoms with Crippen molar-refractivity contribution >= 4 is 21.6 Å². The molecule has 0 aromatic heterocycles. The molecule has 18 heavy (non-hydrogen) atoms. The van der Waals surface area contributed by atoms with E-state index in [1.807, 2.05) is 0 Å². The second-order valence-corrected chi connectivity index (χ2v) is 4.63. The zero-order chi connectivity index (χ0) is 13.1. The molecule has 94 valence electrons. The van der Waals surface area contributed by atoms with Gasteiger partial charge in [-0.15, -0.1) is 0 Å². The Morgan fingerprint density at radius 3 is 2.50 bits per heavy atom. The van der Waals surface area contributed by atoms with E-state index in [1.165, 1.54) is 18.2 Å². The molecule has 2 aromatic carbocycles. The molecule has 0 saturated carbocycles. The van der Waals surface area contributed by atoms with E-state index in [1.54, 1.807) is 12.1 Å². The third kappa shape index (κ3) is 2.98. The van der Waals surface area contributed by atoms with E-state index < -0.39 is 11.6 Å². The highest BCUT2D eigenvalue weighted by Crippen LogP contribution is 2.22. The van der Waals surface area contributed by atoms with Gasteiger partial charge in [-0.2, -0.15) is 0 Å². The minimum atomic E-state index is -0.562. The van der Waals surface area contributed by atoms with Gasteiger partial charge in [0.05, 0.1) is 0 Å². The Labute approximate surface area is 112 Å². The molecule has 0 aliphatic rings. The molecular formula is C13H10BrF2NO. The van der Waals surface area contributed by atoms with Crippen molar-refractivity contribution in [3.05, 3.63) is 58.1 Å². The monoisotopic (exact) mass is 313 g/mol. The molecule has 2 aromatic rings. The Bertz CT molecular complexity index is 523. The van der Waals surface area contributed by atoms with E-state index in [0.717, 1.165) is 6.07 Å². The van der Waals surface area contributed by atoms with Gasteiger partial charge in [-0.25, -0.2) is 8.78 Å². The van der Waals surface area contributed by atoms with Crippen molar-refractivity contribution in [2.24, 2.45) is 0 Å². The third-order valence-electron chi connectivity index (χ3n) is 2.35. The summed E-state index contributed by atoms with van der Waals surface area (Å²) in [5.41, 5.74) is 6.09. The van der Waals surface area contributed by atoms with E-state index >= 15 is 0 Å². The second kappa shape index (κ2) is 5.35. The molecule has 5 heteroatoms. The van der Waals surface area contributed by atoms with Crippen LogP contribution in [0.3, 0.4) is 0 Å². The minimum Gasteiger partial charge on any atom is -0.486 e. The highest BCUT2D eigenvalue weighted by molar-refractivity contribution is 9.10. The number of anilines is 1. The molecule has 0 spiro atoms. The number of ether oxygens (including phenoxy) is 1. The van der Waals surface area contributed by atoms with Gasteiger partial charge in [-0.3, -0.25) is 0 Å². The lowest BCUT2D eigenvalue weighted by molar-refractivity contribution is 0.285. The Hall–Kier alpha value is -1.62. The summed E-state index contributed by atoms with van der Waals surface area (Å²) in [7, 11) is 0. The normalized spacial score (nSPS) is 10.4. The van der Waals surface area contributed by atoms with Crippen LogP contribution in [0.25, 0.3) is 0 Å². The average molecular weight is 314 g/mol. The molecule has 2 nitrogen and oxygen atoms in total. The van der Waals surface area contributed by atoms with Crippen LogP contribution in [0.1, 0.15) is 5.56 Å². The van der Waals surface area contributed by atoms with Crippen LogP contribution in [-0.2, 0) is 6.61 Å². The van der Waals surface area contributed by atoms with Crippen LogP contribution in [0, 0.1) is 11.6 Å². The summed E-state index contributed by atoms with van der Waals surface area (Å²) in [5.74, 6) is -0.917. The molecule has 0 radical (unpaired) electrons. The standard InChI is InChI=1S/C13H10BrF2NO/c14-9-2-1-8(11(15)5-9)7-18-13-4-3-10(17)6-12(13)16/h1-6H,7,17H2. The summed E-state index contributed by atoms with van der Waals surface area (Å²) < 4.78 is 32.8. The highest BCUT2D eigenvalue weighted by atomic mass is 79.9. The smallest absolute Gasteiger partial charge is 0.167 e. The second-order valence-electron chi connectivity index (χ2n) is 3.71. The van der Waals surface area contributed by atoms with E-state index in [2.05, 4.69) is 15.9 Å². The van der Waals surface area contributed by atoms with Crippen molar-refractivity contribution in [1.82, 2.24) is 0 Å². The van der Waals surface area contributed by atoms with Gasteiger partial charge < -0.3 is 10.5 Å². The Balaban J connectivity index is 2.11. The molecule has 0 bridgehead atoms. The van der Waals surface area contributed by atoms with Gasteiger partial charge in [0.15, 0.2) is 11.6 Å². The summed E-state index contributed by atoms with van der Waals surface area (Å²) in [6, 6.07) is 8.71. The summed E-state index contributed by atoms with van der Waals surface area (Å²) in [6.07, 6.45) is 0. The largest absolute Gasteiger partial charge is 0.486 e. The third-order valence-corrected chi connectivity index (χ3v) is 2.85. The molecule has 0 aliphatic heterocycles. The molecule has 0 atom stereocenters. The van der Waals surface area contributed by atoms with Crippen LogP contribution in [0.15, 0.2) is 40.9 Å². The topological polar surface area (TPSA) is 35.2 Å². The molecule has 0 heterocycles. The molecule has 0 aliphatic carbocycles. The maximum Gasteiger partial charge on any atom is 0.167 e. The molecule has 0 amide bonds. The maximum absolute atomic E-state index is 13.5. The summed E-state index contributed by atoms with van der Waals surface area (Å²) >= 11 is 3.16. The van der Waals surface area contributed by atoms with Crippen molar-refractivity contribution < 1.29 is 13.5 Å². The number of nitrogens with two attached hydrogens (primary N) is 1. The van der Waals surface area contributed by atoms with E-state index in [4.69, 9.17) is 10.5 Å². The fraction of sp³-hybridized carbons (Fsp3) is 0.0769. The predicted molar refractivity (Wildman–Crippen MR) is 69.2 cm³/mol. The number of halogens is 3. The zero-order valence-electron chi connectivity index (χ0n) is 9.29. The Morgan fingerprint density at radius 2 is 1.83 bits per heavy atom. The quantitative estimate of drug-likeness (QED) is 0.873. The summed E-state index contributed by atoms with van der Waals surface area (Å²) in [6.45, 7) is -0.0417.